The van der Waals surface area contributed by atoms with Crippen molar-refractivity contribution in [3.8, 4) is 0 Å². The molecular formula is C12H16O2. The molecule has 0 fully saturated rings. The second-order valence-electron chi connectivity index (χ2n) is 3.29. The molecule has 0 N–H and O–H groups in total. The second kappa shape index (κ2) is 6.19. The Kier molecular flexibility index (Phi) is 4.76. The van der Waals surface area contributed by atoms with E-state index >= 15 is 0 Å². The highest BCUT2D eigenvalue weighted by molar-refractivity contribution is 5.93. The number of unbranched alkanes of at least 4 members (excludes halogenated alkanes) is 3. The van der Waals surface area contributed by atoms with Crippen LogP contribution in [0, 0.1) is 0 Å². The van der Waals surface area contributed by atoms with Gasteiger partial charge in [-0.2, -0.15) is 0 Å². The zero-order valence-electron chi connectivity index (χ0n) is 8.37. The molecule has 0 aliphatic heterocycles. The second-order valence-corrected chi connectivity index (χ2v) is 3.29. The Morgan fingerprint density at radius 1 is 1.43 bits per heavy atom. The molecule has 0 bridgehead atoms. The van der Waals surface area contributed by atoms with Crippen molar-refractivity contribution < 1.29 is 9.21 Å². The van der Waals surface area contributed by atoms with Crippen LogP contribution in [0.15, 0.2) is 35.5 Å². The predicted molar refractivity (Wildman–Crippen MR) is 56.3 cm³/mol. The van der Waals surface area contributed by atoms with E-state index in [0.717, 1.165) is 25.7 Å². The predicted octanol–water partition coefficient (Wildman–Crippen LogP) is 3.60. The van der Waals surface area contributed by atoms with Gasteiger partial charge in [0, 0.05) is 6.42 Å². The lowest BCUT2D eigenvalue weighted by atomic mass is 10.1. The number of carbonyl (C=O) groups is 1. The van der Waals surface area contributed by atoms with E-state index in [2.05, 4.69) is 6.58 Å². The molecule has 0 atom stereocenters. The first-order valence-corrected chi connectivity index (χ1v) is 5.02. The molecule has 0 unspecified atom stereocenters. The van der Waals surface area contributed by atoms with E-state index in [1.807, 2.05) is 6.08 Å². The Balaban J connectivity index is 2.13. The highest BCUT2D eigenvalue weighted by Gasteiger charge is 2.06. The molecule has 2 heteroatoms. The number of allylic oxidation sites excluding steroid dienone is 1. The van der Waals surface area contributed by atoms with E-state index in [0.29, 0.717) is 12.2 Å². The van der Waals surface area contributed by atoms with Crippen molar-refractivity contribution in [2.24, 2.45) is 0 Å². The van der Waals surface area contributed by atoms with Crippen LogP contribution >= 0.6 is 0 Å². The van der Waals surface area contributed by atoms with E-state index in [1.165, 1.54) is 6.26 Å². The zero-order chi connectivity index (χ0) is 10.2. The van der Waals surface area contributed by atoms with Gasteiger partial charge in [-0.05, 0) is 31.4 Å². The fraction of sp³-hybridized carbons (Fsp3) is 0.417. The highest BCUT2D eigenvalue weighted by Crippen LogP contribution is 2.09. The van der Waals surface area contributed by atoms with Crippen LogP contribution in [0.5, 0.6) is 0 Å². The molecule has 0 aliphatic carbocycles. The maximum absolute atomic E-state index is 11.4. The van der Waals surface area contributed by atoms with Crippen LogP contribution in [0.2, 0.25) is 0 Å². The van der Waals surface area contributed by atoms with Gasteiger partial charge in [-0.3, -0.25) is 4.79 Å². The SMILES string of the molecule is C=CCCCCCC(=O)c1ccco1. The van der Waals surface area contributed by atoms with Crippen LogP contribution < -0.4 is 0 Å². The van der Waals surface area contributed by atoms with Gasteiger partial charge in [0.15, 0.2) is 11.5 Å². The Labute approximate surface area is 84.6 Å². The molecule has 1 heterocycles. The molecule has 0 spiro atoms. The minimum Gasteiger partial charge on any atom is -0.461 e. The quantitative estimate of drug-likeness (QED) is 0.375. The summed E-state index contributed by atoms with van der Waals surface area (Å²) in [6.45, 7) is 3.65. The fourth-order valence-electron chi connectivity index (χ4n) is 1.31. The number of hydrogen-bond donors (Lipinski definition) is 0. The first kappa shape index (κ1) is 10.8. The smallest absolute Gasteiger partial charge is 0.197 e. The average Bonchev–Trinajstić information content (AvgIpc) is 2.70. The lowest BCUT2D eigenvalue weighted by Crippen LogP contribution is -1.96. The van der Waals surface area contributed by atoms with Crippen molar-refractivity contribution in [1.82, 2.24) is 0 Å². The Bertz CT molecular complexity index is 273. The van der Waals surface area contributed by atoms with E-state index in [4.69, 9.17) is 4.42 Å². The number of carbonyl (C=O) groups excluding carboxylic acids is 1. The van der Waals surface area contributed by atoms with Gasteiger partial charge in [-0.1, -0.05) is 12.5 Å². The summed E-state index contributed by atoms with van der Waals surface area (Å²) in [5.41, 5.74) is 0. The molecule has 0 aliphatic rings. The zero-order valence-corrected chi connectivity index (χ0v) is 8.37. The van der Waals surface area contributed by atoms with Gasteiger partial charge >= 0.3 is 0 Å². The molecule has 0 saturated heterocycles. The third kappa shape index (κ3) is 3.60. The van der Waals surface area contributed by atoms with Crippen LogP contribution in [0.1, 0.15) is 42.7 Å². The van der Waals surface area contributed by atoms with Gasteiger partial charge in [0.2, 0.25) is 0 Å². The topological polar surface area (TPSA) is 30.2 Å². The third-order valence-corrected chi connectivity index (χ3v) is 2.11. The van der Waals surface area contributed by atoms with Gasteiger partial charge in [-0.25, -0.2) is 0 Å². The average molecular weight is 192 g/mol. The number of Topliss-reactive ketones (excluding diaryl/α,β-unsaturated/α-hetero) is 1. The maximum atomic E-state index is 11.4. The van der Waals surface area contributed by atoms with Crippen LogP contribution in [0.25, 0.3) is 0 Å². The summed E-state index contributed by atoms with van der Waals surface area (Å²) < 4.78 is 5.01. The van der Waals surface area contributed by atoms with Gasteiger partial charge in [0.05, 0.1) is 6.26 Å². The fourth-order valence-corrected chi connectivity index (χ4v) is 1.31. The van der Waals surface area contributed by atoms with Crippen LogP contribution in [0.4, 0.5) is 0 Å². The minimum atomic E-state index is 0.105. The summed E-state index contributed by atoms with van der Waals surface area (Å²) in [5.74, 6) is 0.585. The summed E-state index contributed by atoms with van der Waals surface area (Å²) in [5, 5.41) is 0. The third-order valence-electron chi connectivity index (χ3n) is 2.11. The van der Waals surface area contributed by atoms with Crippen molar-refractivity contribution in [2.45, 2.75) is 32.1 Å². The molecule has 14 heavy (non-hydrogen) atoms. The Hall–Kier alpha value is -1.31. The first-order valence-electron chi connectivity index (χ1n) is 5.02. The van der Waals surface area contributed by atoms with Crippen molar-refractivity contribution in [2.75, 3.05) is 0 Å². The Morgan fingerprint density at radius 3 is 2.93 bits per heavy atom. The summed E-state index contributed by atoms with van der Waals surface area (Å²) in [6, 6.07) is 3.46. The molecule has 76 valence electrons. The molecule has 0 aromatic carbocycles. The number of hydrogen-bond acceptors (Lipinski definition) is 2. The van der Waals surface area contributed by atoms with Crippen molar-refractivity contribution in [3.05, 3.63) is 36.8 Å². The van der Waals surface area contributed by atoms with Gasteiger partial charge in [0.25, 0.3) is 0 Å². The minimum absolute atomic E-state index is 0.105. The standard InChI is InChI=1S/C12H16O2/c1-2-3-4-5-6-8-11(13)12-9-7-10-14-12/h2,7,9-10H,1,3-6,8H2. The van der Waals surface area contributed by atoms with Crippen LogP contribution in [-0.4, -0.2) is 5.78 Å². The summed E-state index contributed by atoms with van der Waals surface area (Å²) in [7, 11) is 0. The Morgan fingerprint density at radius 2 is 2.29 bits per heavy atom. The van der Waals surface area contributed by atoms with Gasteiger partial charge < -0.3 is 4.42 Å². The van der Waals surface area contributed by atoms with E-state index in [1.54, 1.807) is 12.1 Å². The number of rotatable bonds is 7. The molecular weight excluding hydrogens is 176 g/mol. The normalized spacial score (nSPS) is 10.0. The first-order chi connectivity index (χ1) is 6.84. The van der Waals surface area contributed by atoms with Crippen molar-refractivity contribution >= 4 is 5.78 Å². The maximum Gasteiger partial charge on any atom is 0.197 e. The molecule has 1 rings (SSSR count). The molecule has 1 aromatic heterocycles. The van der Waals surface area contributed by atoms with Gasteiger partial charge in [-0.15, -0.1) is 6.58 Å². The molecule has 2 nitrogen and oxygen atoms in total. The van der Waals surface area contributed by atoms with E-state index in [-0.39, 0.29) is 5.78 Å². The van der Waals surface area contributed by atoms with Crippen molar-refractivity contribution in [1.29, 1.82) is 0 Å². The highest BCUT2D eigenvalue weighted by atomic mass is 16.3. The summed E-state index contributed by atoms with van der Waals surface area (Å²) >= 11 is 0. The molecule has 0 amide bonds. The van der Waals surface area contributed by atoms with Crippen LogP contribution in [0.3, 0.4) is 0 Å². The number of ketones is 1. The van der Waals surface area contributed by atoms with Gasteiger partial charge in [0.1, 0.15) is 0 Å². The van der Waals surface area contributed by atoms with E-state index in [9.17, 15) is 4.79 Å². The molecule has 1 aromatic rings. The lowest BCUT2D eigenvalue weighted by Gasteiger charge is -1.97. The monoisotopic (exact) mass is 192 g/mol. The molecule has 0 radical (unpaired) electrons. The number of furan rings is 1. The summed E-state index contributed by atoms with van der Waals surface area (Å²) in [4.78, 5) is 11.4. The summed E-state index contributed by atoms with van der Waals surface area (Å²) in [6.07, 6.45) is 8.21. The van der Waals surface area contributed by atoms with Crippen LogP contribution in [-0.2, 0) is 0 Å². The van der Waals surface area contributed by atoms with Crippen molar-refractivity contribution in [3.63, 3.8) is 0 Å². The largest absolute Gasteiger partial charge is 0.461 e. The van der Waals surface area contributed by atoms with E-state index < -0.39 is 0 Å². The molecule has 0 saturated carbocycles. The lowest BCUT2D eigenvalue weighted by molar-refractivity contribution is 0.0952.